The lowest BCUT2D eigenvalue weighted by atomic mass is 10.1. The molecule has 0 aliphatic heterocycles. The molecule has 0 aromatic carbocycles. The van der Waals surface area contributed by atoms with Crippen LogP contribution in [0.25, 0.3) is 0 Å². The summed E-state index contributed by atoms with van der Waals surface area (Å²) < 4.78 is 9.27. The minimum absolute atomic E-state index is 0.0917. The molecule has 0 saturated carbocycles. The molecule has 0 aliphatic carbocycles. The lowest BCUT2D eigenvalue weighted by molar-refractivity contribution is -0.153. The van der Waals surface area contributed by atoms with Gasteiger partial charge in [0.2, 0.25) is 0 Å². The molecule has 0 aliphatic rings. The van der Waals surface area contributed by atoms with E-state index < -0.39 is 17.7 Å². The topological polar surface area (TPSA) is 69.7 Å². The maximum atomic E-state index is 11.6. The molecular weight excluding hydrogens is 224 g/mol. The van der Waals surface area contributed by atoms with Gasteiger partial charge in [0.25, 0.3) is 5.78 Å². The second-order valence-electron chi connectivity index (χ2n) is 3.18. The first-order chi connectivity index (χ1) is 8.08. The van der Waals surface area contributed by atoms with Crippen LogP contribution in [0.1, 0.15) is 33.6 Å². The number of rotatable bonds is 7. The molecule has 0 saturated heterocycles. The summed E-state index contributed by atoms with van der Waals surface area (Å²) in [7, 11) is 0. The maximum absolute atomic E-state index is 11.6. The first-order valence-corrected chi connectivity index (χ1v) is 5.67. The Kier molecular flexibility index (Phi) is 7.67. The number of hydrogen-bond acceptors (Lipinski definition) is 5. The van der Waals surface area contributed by atoms with Gasteiger partial charge in [0.05, 0.1) is 13.2 Å². The molecule has 0 fully saturated rings. The summed E-state index contributed by atoms with van der Waals surface area (Å²) in [6.45, 7) is 5.36. The van der Waals surface area contributed by atoms with Crippen LogP contribution in [0.4, 0.5) is 0 Å². The zero-order chi connectivity index (χ0) is 13.3. The van der Waals surface area contributed by atoms with Crippen LogP contribution in [-0.2, 0) is 23.9 Å². The quantitative estimate of drug-likeness (QED) is 0.222. The highest BCUT2D eigenvalue weighted by Gasteiger charge is 2.26. The number of carbonyl (C=O) groups excluding carboxylic acids is 3. The predicted molar refractivity (Wildman–Crippen MR) is 61.3 cm³/mol. The first kappa shape index (κ1) is 15.3. The number of Topliss-reactive ketones (excluding diaryl/α,β-unsaturated/α-hetero) is 1. The number of hydrogen-bond donors (Lipinski definition) is 0. The maximum Gasteiger partial charge on any atom is 0.379 e. The van der Waals surface area contributed by atoms with Crippen LogP contribution in [0.3, 0.4) is 0 Å². The molecule has 96 valence electrons. The fourth-order valence-electron chi connectivity index (χ4n) is 1.07. The fraction of sp³-hybridized carbons (Fsp3) is 0.583. The molecule has 0 aromatic rings. The van der Waals surface area contributed by atoms with Crippen molar-refractivity contribution in [2.45, 2.75) is 33.6 Å². The Hall–Kier alpha value is -1.65. The second-order valence-corrected chi connectivity index (χ2v) is 3.18. The third kappa shape index (κ3) is 5.29. The molecule has 0 amide bonds. The Morgan fingerprint density at radius 2 is 1.47 bits per heavy atom. The lowest BCUT2D eigenvalue weighted by Gasteiger charge is -2.05. The lowest BCUT2D eigenvalue weighted by Crippen LogP contribution is -2.25. The minimum atomic E-state index is -1.03. The fourth-order valence-corrected chi connectivity index (χ4v) is 1.07. The molecule has 0 N–H and O–H groups in total. The normalized spacial score (nSPS) is 10.9. The molecule has 5 heteroatoms. The average Bonchev–Trinajstić information content (AvgIpc) is 2.30. The predicted octanol–water partition coefficient (Wildman–Crippen LogP) is 1.41. The van der Waals surface area contributed by atoms with Crippen molar-refractivity contribution in [1.29, 1.82) is 0 Å². The molecule has 0 radical (unpaired) electrons. The molecule has 0 unspecified atom stereocenters. The zero-order valence-corrected chi connectivity index (χ0v) is 10.4. The van der Waals surface area contributed by atoms with Gasteiger partial charge in [-0.25, -0.2) is 9.59 Å². The van der Waals surface area contributed by atoms with Crippen LogP contribution in [0.5, 0.6) is 0 Å². The summed E-state index contributed by atoms with van der Waals surface area (Å²) in [6, 6.07) is 0. The standard InChI is InChI=1S/C12H18O5/c1-4-7-8-9(11(14)16-5-2)10(13)12(15)17-6-3/h8H,4-7H2,1-3H3. The molecule has 17 heavy (non-hydrogen) atoms. The highest BCUT2D eigenvalue weighted by Crippen LogP contribution is 2.05. The molecule has 0 bridgehead atoms. The van der Waals surface area contributed by atoms with Gasteiger partial charge in [-0.1, -0.05) is 19.4 Å². The molecule has 5 nitrogen and oxygen atoms in total. The Morgan fingerprint density at radius 3 is 1.94 bits per heavy atom. The van der Waals surface area contributed by atoms with Crippen molar-refractivity contribution in [2.75, 3.05) is 13.2 Å². The summed E-state index contributed by atoms with van der Waals surface area (Å²) in [5.74, 6) is -2.75. The van der Waals surface area contributed by atoms with Crippen LogP contribution in [0, 0.1) is 0 Å². The van der Waals surface area contributed by atoms with Crippen LogP contribution >= 0.6 is 0 Å². The van der Waals surface area contributed by atoms with E-state index in [1.54, 1.807) is 13.8 Å². The van der Waals surface area contributed by atoms with Crippen LogP contribution in [0.15, 0.2) is 11.6 Å². The van der Waals surface area contributed by atoms with E-state index in [-0.39, 0.29) is 18.8 Å². The minimum Gasteiger partial charge on any atom is -0.462 e. The van der Waals surface area contributed by atoms with Crippen LogP contribution < -0.4 is 0 Å². The molecule has 0 atom stereocenters. The van der Waals surface area contributed by atoms with Crippen molar-refractivity contribution in [3.05, 3.63) is 11.6 Å². The van der Waals surface area contributed by atoms with Crippen molar-refractivity contribution in [2.24, 2.45) is 0 Å². The Labute approximate surface area is 101 Å². The Morgan fingerprint density at radius 1 is 0.941 bits per heavy atom. The number of allylic oxidation sites excluding steroid dienone is 1. The van der Waals surface area contributed by atoms with E-state index in [4.69, 9.17) is 4.74 Å². The van der Waals surface area contributed by atoms with Gasteiger partial charge in [-0.15, -0.1) is 0 Å². The smallest absolute Gasteiger partial charge is 0.379 e. The summed E-state index contributed by atoms with van der Waals surface area (Å²) in [5.41, 5.74) is -0.243. The largest absolute Gasteiger partial charge is 0.462 e. The molecule has 0 spiro atoms. The van der Waals surface area contributed by atoms with Crippen molar-refractivity contribution >= 4 is 17.7 Å². The zero-order valence-electron chi connectivity index (χ0n) is 10.4. The molecule has 0 heterocycles. The number of esters is 2. The Bertz CT molecular complexity index is 317. The van der Waals surface area contributed by atoms with Gasteiger partial charge in [-0.2, -0.15) is 0 Å². The number of ketones is 1. The van der Waals surface area contributed by atoms with E-state index >= 15 is 0 Å². The van der Waals surface area contributed by atoms with E-state index in [0.29, 0.717) is 6.42 Å². The number of ether oxygens (including phenoxy) is 2. The van der Waals surface area contributed by atoms with Crippen molar-refractivity contribution in [1.82, 2.24) is 0 Å². The molecular formula is C12H18O5. The second kappa shape index (κ2) is 8.50. The third-order valence-electron chi connectivity index (χ3n) is 1.84. The summed E-state index contributed by atoms with van der Waals surface area (Å²) in [4.78, 5) is 34.3. The van der Waals surface area contributed by atoms with E-state index in [2.05, 4.69) is 4.74 Å². The number of unbranched alkanes of at least 4 members (excludes halogenated alkanes) is 1. The van der Waals surface area contributed by atoms with Gasteiger partial charge in [0.1, 0.15) is 5.57 Å². The average molecular weight is 242 g/mol. The van der Waals surface area contributed by atoms with Gasteiger partial charge in [-0.3, -0.25) is 4.79 Å². The molecule has 0 aromatic heterocycles. The summed E-state index contributed by atoms with van der Waals surface area (Å²) in [6.07, 6.45) is 2.70. The van der Waals surface area contributed by atoms with Crippen molar-refractivity contribution in [3.8, 4) is 0 Å². The van der Waals surface area contributed by atoms with Crippen LogP contribution in [-0.4, -0.2) is 30.9 Å². The van der Waals surface area contributed by atoms with Crippen LogP contribution in [0.2, 0.25) is 0 Å². The van der Waals surface area contributed by atoms with Crippen molar-refractivity contribution < 1.29 is 23.9 Å². The number of carbonyl (C=O) groups is 3. The van der Waals surface area contributed by atoms with Gasteiger partial charge in [0.15, 0.2) is 0 Å². The Balaban J connectivity index is 4.86. The highest BCUT2D eigenvalue weighted by molar-refractivity contribution is 6.46. The van der Waals surface area contributed by atoms with Gasteiger partial charge in [0, 0.05) is 0 Å². The van der Waals surface area contributed by atoms with Gasteiger partial charge >= 0.3 is 11.9 Å². The first-order valence-electron chi connectivity index (χ1n) is 5.67. The monoisotopic (exact) mass is 242 g/mol. The van der Waals surface area contributed by atoms with Crippen molar-refractivity contribution in [3.63, 3.8) is 0 Å². The third-order valence-corrected chi connectivity index (χ3v) is 1.84. The van der Waals surface area contributed by atoms with E-state index in [9.17, 15) is 14.4 Å². The SMILES string of the molecule is CCCC=C(C(=O)OCC)C(=O)C(=O)OCC. The van der Waals surface area contributed by atoms with E-state index in [0.717, 1.165) is 6.42 Å². The van der Waals surface area contributed by atoms with Gasteiger partial charge in [-0.05, 0) is 20.3 Å². The summed E-state index contributed by atoms with van der Waals surface area (Å²) >= 11 is 0. The van der Waals surface area contributed by atoms with E-state index in [1.807, 2.05) is 6.92 Å². The van der Waals surface area contributed by atoms with Gasteiger partial charge < -0.3 is 9.47 Å². The highest BCUT2D eigenvalue weighted by atomic mass is 16.5. The van der Waals surface area contributed by atoms with E-state index in [1.165, 1.54) is 6.08 Å². The summed E-state index contributed by atoms with van der Waals surface area (Å²) in [5, 5.41) is 0. The molecule has 0 rings (SSSR count).